The Labute approximate surface area is 59.2 Å². The van der Waals surface area contributed by atoms with E-state index in [4.69, 9.17) is 5.90 Å². The van der Waals surface area contributed by atoms with Crippen molar-refractivity contribution in [2.45, 2.75) is 13.8 Å². The maximum atomic E-state index is 10.7. The fraction of sp³-hybridized carbons (Fsp3) is 0.800. The molecule has 0 aromatic heterocycles. The average molecular weight is 148 g/mol. The van der Waals surface area contributed by atoms with Gasteiger partial charge in [0.2, 0.25) is 0 Å². The van der Waals surface area contributed by atoms with Crippen LogP contribution < -0.4 is 11.8 Å². The minimum absolute atomic E-state index is 0.0863. The Morgan fingerprint density at radius 3 is 2.30 bits per heavy atom. The second kappa shape index (κ2) is 3.50. The zero-order chi connectivity index (χ0) is 8.20. The van der Waals surface area contributed by atoms with Crippen molar-refractivity contribution in [3.63, 3.8) is 0 Å². The Morgan fingerprint density at radius 1 is 1.50 bits per heavy atom. The molecule has 0 aliphatic carbocycles. The van der Waals surface area contributed by atoms with Gasteiger partial charge in [-0.25, -0.2) is 10.7 Å². The van der Waals surface area contributed by atoms with Crippen LogP contribution in [0.1, 0.15) is 13.8 Å². The highest BCUT2D eigenvalue weighted by atomic mass is 16.7. The maximum Gasteiger partial charge on any atom is 0.332 e. The first-order valence-electron chi connectivity index (χ1n) is 2.77. The molecule has 0 rings (SSSR count). The summed E-state index contributed by atoms with van der Waals surface area (Å²) in [6.07, 6.45) is 0. The first kappa shape index (κ1) is 9.35. The number of nitrogens with two attached hydrogens (primary N) is 2. The standard InChI is InChI=1S/C5H12N2O3/c1-5(2,3-9-6)4(8)10-7/h3,6-7H2,1-2H3. The van der Waals surface area contributed by atoms with E-state index in [2.05, 4.69) is 15.6 Å². The molecule has 0 aromatic rings. The van der Waals surface area contributed by atoms with Gasteiger partial charge in [-0.15, -0.1) is 0 Å². The SMILES string of the molecule is CC(C)(CON)C(=O)ON. The molecule has 0 radical (unpaired) electrons. The van der Waals surface area contributed by atoms with Crippen molar-refractivity contribution in [3.05, 3.63) is 0 Å². The number of carbonyl (C=O) groups excluding carboxylic acids is 1. The smallest absolute Gasteiger partial charge is 0.332 e. The van der Waals surface area contributed by atoms with Gasteiger partial charge in [0, 0.05) is 0 Å². The molecule has 0 unspecified atom stereocenters. The lowest BCUT2D eigenvalue weighted by molar-refractivity contribution is -0.158. The van der Waals surface area contributed by atoms with E-state index in [-0.39, 0.29) is 6.61 Å². The van der Waals surface area contributed by atoms with Gasteiger partial charge in [0.25, 0.3) is 0 Å². The molecule has 0 aromatic carbocycles. The molecule has 0 heterocycles. The molecule has 5 heteroatoms. The number of carbonyl (C=O) groups is 1. The molecule has 0 atom stereocenters. The van der Waals surface area contributed by atoms with E-state index in [9.17, 15) is 4.79 Å². The van der Waals surface area contributed by atoms with Crippen LogP contribution in [-0.4, -0.2) is 12.6 Å². The van der Waals surface area contributed by atoms with Gasteiger partial charge in [-0.05, 0) is 13.8 Å². The predicted octanol–water partition coefficient (Wildman–Crippen LogP) is -0.680. The largest absolute Gasteiger partial charge is 0.373 e. The second-order valence-electron chi connectivity index (χ2n) is 2.60. The van der Waals surface area contributed by atoms with Crippen molar-refractivity contribution in [1.29, 1.82) is 0 Å². The van der Waals surface area contributed by atoms with Crippen molar-refractivity contribution >= 4 is 5.97 Å². The third kappa shape index (κ3) is 2.30. The monoisotopic (exact) mass is 148 g/mol. The Morgan fingerprint density at radius 2 is 2.00 bits per heavy atom. The second-order valence-corrected chi connectivity index (χ2v) is 2.60. The molecule has 0 bridgehead atoms. The zero-order valence-corrected chi connectivity index (χ0v) is 6.09. The van der Waals surface area contributed by atoms with Crippen molar-refractivity contribution < 1.29 is 14.5 Å². The quantitative estimate of drug-likeness (QED) is 0.518. The van der Waals surface area contributed by atoms with E-state index in [1.807, 2.05) is 0 Å². The molecule has 60 valence electrons. The van der Waals surface area contributed by atoms with Crippen molar-refractivity contribution in [3.8, 4) is 0 Å². The fourth-order valence-corrected chi connectivity index (χ4v) is 0.427. The van der Waals surface area contributed by atoms with Gasteiger partial charge in [-0.2, -0.15) is 5.90 Å². The summed E-state index contributed by atoms with van der Waals surface area (Å²) in [5.74, 6) is 8.86. The molecular weight excluding hydrogens is 136 g/mol. The third-order valence-electron chi connectivity index (χ3n) is 1.10. The highest BCUT2D eigenvalue weighted by Gasteiger charge is 2.29. The first-order chi connectivity index (χ1) is 4.54. The number of rotatable bonds is 3. The highest BCUT2D eigenvalue weighted by Crippen LogP contribution is 2.15. The summed E-state index contributed by atoms with van der Waals surface area (Å²) in [6, 6.07) is 0. The van der Waals surface area contributed by atoms with Crippen LogP contribution >= 0.6 is 0 Å². The van der Waals surface area contributed by atoms with Gasteiger partial charge >= 0.3 is 5.97 Å². The molecule has 0 saturated heterocycles. The summed E-state index contributed by atoms with van der Waals surface area (Å²) in [5, 5.41) is 0. The molecule has 0 aliphatic rings. The van der Waals surface area contributed by atoms with Gasteiger partial charge < -0.3 is 9.68 Å². The summed E-state index contributed by atoms with van der Waals surface area (Å²) < 4.78 is 0. The normalized spacial score (nSPS) is 11.2. The van der Waals surface area contributed by atoms with Crippen molar-refractivity contribution in [1.82, 2.24) is 0 Å². The Balaban J connectivity index is 3.96. The van der Waals surface area contributed by atoms with E-state index < -0.39 is 11.4 Å². The van der Waals surface area contributed by atoms with Gasteiger partial charge in [-0.3, -0.25) is 0 Å². The predicted molar refractivity (Wildman–Crippen MR) is 34.2 cm³/mol. The summed E-state index contributed by atoms with van der Waals surface area (Å²) >= 11 is 0. The summed E-state index contributed by atoms with van der Waals surface area (Å²) in [5.41, 5.74) is -0.774. The number of hydrogen-bond donors (Lipinski definition) is 2. The maximum absolute atomic E-state index is 10.7. The molecule has 0 amide bonds. The van der Waals surface area contributed by atoms with E-state index in [0.29, 0.717) is 0 Å². The summed E-state index contributed by atoms with van der Waals surface area (Å²) in [7, 11) is 0. The van der Waals surface area contributed by atoms with Crippen LogP contribution in [0.3, 0.4) is 0 Å². The number of hydrogen-bond acceptors (Lipinski definition) is 5. The highest BCUT2D eigenvalue weighted by molar-refractivity contribution is 5.75. The van der Waals surface area contributed by atoms with Crippen LogP contribution in [0.4, 0.5) is 0 Å². The van der Waals surface area contributed by atoms with Gasteiger partial charge in [-0.1, -0.05) is 0 Å². The lowest BCUT2D eigenvalue weighted by atomic mass is 9.96. The molecule has 0 aliphatic heterocycles. The van der Waals surface area contributed by atoms with Crippen molar-refractivity contribution in [2.24, 2.45) is 17.2 Å². The van der Waals surface area contributed by atoms with Crippen LogP contribution in [0.15, 0.2) is 0 Å². The molecule has 0 spiro atoms. The van der Waals surface area contributed by atoms with Gasteiger partial charge in [0.05, 0.1) is 12.0 Å². The van der Waals surface area contributed by atoms with E-state index in [0.717, 1.165) is 0 Å². The Bertz CT molecular complexity index is 124. The molecular formula is C5H12N2O3. The molecule has 4 N–H and O–H groups in total. The van der Waals surface area contributed by atoms with Crippen LogP contribution in [0.5, 0.6) is 0 Å². The molecule has 0 saturated carbocycles. The third-order valence-corrected chi connectivity index (χ3v) is 1.10. The average Bonchev–Trinajstić information content (AvgIpc) is 1.86. The van der Waals surface area contributed by atoms with Crippen LogP contribution in [0.2, 0.25) is 0 Å². The summed E-state index contributed by atoms with van der Waals surface area (Å²) in [6.45, 7) is 3.33. The fourth-order valence-electron chi connectivity index (χ4n) is 0.427. The molecule has 0 fully saturated rings. The Kier molecular flexibility index (Phi) is 3.27. The molecule has 10 heavy (non-hydrogen) atoms. The van der Waals surface area contributed by atoms with Crippen LogP contribution in [0, 0.1) is 5.41 Å². The Hall–Kier alpha value is -0.650. The van der Waals surface area contributed by atoms with Gasteiger partial charge in [0.15, 0.2) is 0 Å². The van der Waals surface area contributed by atoms with Crippen molar-refractivity contribution in [2.75, 3.05) is 6.61 Å². The lowest BCUT2D eigenvalue weighted by Crippen LogP contribution is -2.34. The van der Waals surface area contributed by atoms with E-state index >= 15 is 0 Å². The minimum atomic E-state index is -0.774. The molecule has 5 nitrogen and oxygen atoms in total. The summed E-state index contributed by atoms with van der Waals surface area (Å²) in [4.78, 5) is 19.0. The van der Waals surface area contributed by atoms with E-state index in [1.165, 1.54) is 0 Å². The van der Waals surface area contributed by atoms with Crippen LogP contribution in [0.25, 0.3) is 0 Å². The minimum Gasteiger partial charge on any atom is -0.373 e. The topological polar surface area (TPSA) is 87.6 Å². The van der Waals surface area contributed by atoms with E-state index in [1.54, 1.807) is 13.8 Å². The van der Waals surface area contributed by atoms with Gasteiger partial charge in [0.1, 0.15) is 0 Å². The first-order valence-corrected chi connectivity index (χ1v) is 2.77. The lowest BCUT2D eigenvalue weighted by Gasteiger charge is -2.18. The van der Waals surface area contributed by atoms with Crippen LogP contribution in [-0.2, 0) is 14.5 Å². The zero-order valence-electron chi connectivity index (χ0n) is 6.09.